The lowest BCUT2D eigenvalue weighted by Crippen LogP contribution is -2.30. The summed E-state index contributed by atoms with van der Waals surface area (Å²) in [5, 5.41) is 9.06. The van der Waals surface area contributed by atoms with Crippen molar-refractivity contribution < 1.29 is 0 Å². The Morgan fingerprint density at radius 1 is 1.26 bits per heavy atom. The Morgan fingerprint density at radius 2 is 2.11 bits per heavy atom. The highest BCUT2D eigenvalue weighted by Gasteiger charge is 2.45. The molecule has 2 unspecified atom stereocenters. The van der Waals surface area contributed by atoms with E-state index in [2.05, 4.69) is 10.6 Å². The third kappa shape index (κ3) is 2.27. The fourth-order valence-corrected chi connectivity index (χ4v) is 4.39. The molecule has 2 N–H and O–H groups in total. The highest BCUT2D eigenvalue weighted by molar-refractivity contribution is 7.18. The van der Waals surface area contributed by atoms with Crippen molar-refractivity contribution in [2.24, 2.45) is 5.92 Å². The molecular formula is C14H16ClN3S. The summed E-state index contributed by atoms with van der Waals surface area (Å²) in [7, 11) is 0. The summed E-state index contributed by atoms with van der Waals surface area (Å²) in [5.41, 5.74) is 1.07. The van der Waals surface area contributed by atoms with Gasteiger partial charge in [0.15, 0.2) is 0 Å². The molecule has 1 aromatic heterocycles. The molecule has 0 aliphatic carbocycles. The first kappa shape index (κ1) is 12.1. The van der Waals surface area contributed by atoms with E-state index in [1.807, 2.05) is 18.2 Å². The lowest BCUT2D eigenvalue weighted by atomic mass is 9.93. The molecule has 4 rings (SSSR count). The zero-order valence-electron chi connectivity index (χ0n) is 10.5. The molecule has 100 valence electrons. The van der Waals surface area contributed by atoms with Crippen molar-refractivity contribution in [3.63, 3.8) is 0 Å². The minimum atomic E-state index is 0.472. The van der Waals surface area contributed by atoms with Crippen molar-refractivity contribution in [3.8, 4) is 0 Å². The van der Waals surface area contributed by atoms with E-state index in [4.69, 9.17) is 16.6 Å². The van der Waals surface area contributed by atoms with Crippen molar-refractivity contribution in [1.29, 1.82) is 0 Å². The van der Waals surface area contributed by atoms with E-state index in [-0.39, 0.29) is 0 Å². The van der Waals surface area contributed by atoms with Crippen LogP contribution in [0.2, 0.25) is 5.02 Å². The Morgan fingerprint density at radius 3 is 2.95 bits per heavy atom. The number of nitrogens with zero attached hydrogens (tertiary/aromatic N) is 1. The van der Waals surface area contributed by atoms with Crippen molar-refractivity contribution in [2.45, 2.75) is 24.9 Å². The molecule has 0 spiro atoms. The van der Waals surface area contributed by atoms with E-state index in [0.29, 0.717) is 12.1 Å². The van der Waals surface area contributed by atoms with Crippen molar-refractivity contribution >= 4 is 33.2 Å². The predicted octanol–water partition coefficient (Wildman–Crippen LogP) is 2.96. The molecule has 3 nitrogen and oxygen atoms in total. The molecule has 2 saturated heterocycles. The molecule has 2 aliphatic rings. The lowest BCUT2D eigenvalue weighted by Gasteiger charge is -2.21. The number of thiazole rings is 1. The minimum absolute atomic E-state index is 0.472. The number of fused-ring (bicyclic) bond motifs is 1. The summed E-state index contributed by atoms with van der Waals surface area (Å²) in [5.74, 6) is 0.807. The van der Waals surface area contributed by atoms with Gasteiger partial charge in [-0.05, 0) is 50.0 Å². The van der Waals surface area contributed by atoms with E-state index in [9.17, 15) is 0 Å². The maximum Gasteiger partial charge on any atom is 0.112 e. The minimum Gasteiger partial charge on any atom is -0.317 e. The van der Waals surface area contributed by atoms with Crippen LogP contribution in [-0.4, -0.2) is 24.1 Å². The topological polar surface area (TPSA) is 46.9 Å². The summed E-state index contributed by atoms with van der Waals surface area (Å²) < 4.78 is 1.19. The number of aromatic nitrogens is 1. The van der Waals surface area contributed by atoms with Crippen molar-refractivity contribution in [2.75, 3.05) is 13.1 Å². The normalized spacial score (nSPS) is 27.8. The van der Waals surface area contributed by atoms with E-state index in [0.717, 1.165) is 29.5 Å². The Hall–Kier alpha value is -0.680. The van der Waals surface area contributed by atoms with Crippen molar-refractivity contribution in [3.05, 3.63) is 28.2 Å². The van der Waals surface area contributed by atoms with Crippen LogP contribution < -0.4 is 10.6 Å². The molecule has 2 aromatic rings. The highest BCUT2D eigenvalue weighted by atomic mass is 35.5. The van der Waals surface area contributed by atoms with E-state index >= 15 is 0 Å². The Labute approximate surface area is 121 Å². The van der Waals surface area contributed by atoms with Gasteiger partial charge in [-0.3, -0.25) is 0 Å². The van der Waals surface area contributed by atoms with Crippen LogP contribution in [0.25, 0.3) is 10.2 Å². The number of piperidine rings is 1. The van der Waals surface area contributed by atoms with E-state index < -0.39 is 0 Å². The maximum absolute atomic E-state index is 6.03. The van der Waals surface area contributed by atoms with Crippen LogP contribution in [0.4, 0.5) is 0 Å². The standard InChI is InChI=1S/C14H16ClN3S/c15-9-1-2-10-11(7-9)19-14(17-10)13-12(18-13)8-3-5-16-6-4-8/h1-2,7-8,12-13,16,18H,3-6H2. The molecule has 19 heavy (non-hydrogen) atoms. The monoisotopic (exact) mass is 293 g/mol. The molecular weight excluding hydrogens is 278 g/mol. The van der Waals surface area contributed by atoms with Gasteiger partial charge in [0.25, 0.3) is 0 Å². The second-order valence-corrected chi connectivity index (χ2v) is 6.92. The molecule has 0 amide bonds. The average Bonchev–Trinajstić information content (AvgIpc) is 3.13. The van der Waals surface area contributed by atoms with Gasteiger partial charge in [-0.2, -0.15) is 0 Å². The smallest absolute Gasteiger partial charge is 0.112 e. The van der Waals surface area contributed by atoms with Gasteiger partial charge < -0.3 is 10.6 Å². The Bertz CT molecular complexity index is 606. The number of halogens is 1. The summed E-state index contributed by atoms with van der Waals surface area (Å²) in [6.07, 6.45) is 2.57. The molecule has 3 heterocycles. The number of nitrogens with one attached hydrogen (secondary N) is 2. The van der Waals surface area contributed by atoms with Crippen LogP contribution in [-0.2, 0) is 0 Å². The van der Waals surface area contributed by atoms with Gasteiger partial charge in [-0.15, -0.1) is 11.3 Å². The van der Waals surface area contributed by atoms with Gasteiger partial charge in [-0.25, -0.2) is 4.98 Å². The van der Waals surface area contributed by atoms with Crippen LogP contribution in [0, 0.1) is 5.92 Å². The summed E-state index contributed by atoms with van der Waals surface area (Å²) in [6, 6.07) is 7.05. The molecule has 2 fully saturated rings. The van der Waals surface area contributed by atoms with Crippen LogP contribution in [0.5, 0.6) is 0 Å². The van der Waals surface area contributed by atoms with Gasteiger partial charge in [-0.1, -0.05) is 11.6 Å². The van der Waals surface area contributed by atoms with Crippen LogP contribution in [0.1, 0.15) is 23.9 Å². The number of benzene rings is 1. The average molecular weight is 294 g/mol. The maximum atomic E-state index is 6.03. The van der Waals surface area contributed by atoms with Crippen LogP contribution >= 0.6 is 22.9 Å². The first-order valence-corrected chi connectivity index (χ1v) is 8.03. The molecule has 2 atom stereocenters. The first-order chi connectivity index (χ1) is 9.31. The fraction of sp³-hybridized carbons (Fsp3) is 0.500. The van der Waals surface area contributed by atoms with Gasteiger partial charge in [0.05, 0.1) is 16.3 Å². The summed E-state index contributed by atoms with van der Waals surface area (Å²) in [4.78, 5) is 4.74. The molecule has 5 heteroatoms. The zero-order valence-corrected chi connectivity index (χ0v) is 12.1. The lowest BCUT2D eigenvalue weighted by molar-refractivity contribution is 0.364. The molecule has 2 aliphatic heterocycles. The highest BCUT2D eigenvalue weighted by Crippen LogP contribution is 2.41. The molecule has 0 bridgehead atoms. The largest absolute Gasteiger partial charge is 0.317 e. The zero-order chi connectivity index (χ0) is 12.8. The van der Waals surface area contributed by atoms with Gasteiger partial charge in [0, 0.05) is 11.1 Å². The van der Waals surface area contributed by atoms with Gasteiger partial charge in [0.1, 0.15) is 5.01 Å². The SMILES string of the molecule is Clc1ccc2nc(C3NC3C3CCNCC3)sc2c1. The second kappa shape index (κ2) is 4.70. The Balaban J connectivity index is 1.55. The van der Waals surface area contributed by atoms with E-state index in [1.165, 1.54) is 22.5 Å². The molecule has 0 radical (unpaired) electrons. The third-order valence-corrected chi connectivity index (χ3v) is 5.48. The van der Waals surface area contributed by atoms with Crippen LogP contribution in [0.15, 0.2) is 18.2 Å². The first-order valence-electron chi connectivity index (χ1n) is 6.84. The fourth-order valence-electron chi connectivity index (χ4n) is 3.04. The molecule has 0 saturated carbocycles. The number of rotatable bonds is 2. The molecule has 1 aromatic carbocycles. The predicted molar refractivity (Wildman–Crippen MR) is 79.9 cm³/mol. The second-order valence-electron chi connectivity index (χ2n) is 5.42. The quantitative estimate of drug-likeness (QED) is 0.837. The summed E-state index contributed by atoms with van der Waals surface area (Å²) in [6.45, 7) is 2.32. The van der Waals surface area contributed by atoms with Gasteiger partial charge in [0.2, 0.25) is 0 Å². The number of hydrogen-bond donors (Lipinski definition) is 2. The van der Waals surface area contributed by atoms with E-state index in [1.54, 1.807) is 11.3 Å². The van der Waals surface area contributed by atoms with Crippen molar-refractivity contribution in [1.82, 2.24) is 15.6 Å². The third-order valence-electron chi connectivity index (χ3n) is 4.15. The summed E-state index contributed by atoms with van der Waals surface area (Å²) >= 11 is 7.81. The van der Waals surface area contributed by atoms with Crippen LogP contribution in [0.3, 0.4) is 0 Å². The Kier molecular flexibility index (Phi) is 2.99. The van der Waals surface area contributed by atoms with Gasteiger partial charge >= 0.3 is 0 Å². The number of hydrogen-bond acceptors (Lipinski definition) is 4.